The number of aryl methyl sites for hydroxylation is 1. The Hall–Kier alpha value is -1.25. The molecule has 2 rings (SSSR count). The maximum absolute atomic E-state index is 11.5. The largest absolute Gasteiger partial charge is 0.469 e. The molecule has 1 aromatic rings. The Morgan fingerprint density at radius 2 is 2.53 bits per heavy atom. The van der Waals surface area contributed by atoms with Gasteiger partial charge in [0.25, 0.3) is 0 Å². The van der Waals surface area contributed by atoms with Crippen LogP contribution in [0.1, 0.15) is 50.0 Å². The van der Waals surface area contributed by atoms with Crippen LogP contribution in [0.25, 0.3) is 0 Å². The molecular weight excluding hydrogens is 190 g/mol. The summed E-state index contributed by atoms with van der Waals surface area (Å²) in [5, 5.41) is 3.06. The normalized spacial score (nSPS) is 19.7. The van der Waals surface area contributed by atoms with E-state index in [0.717, 1.165) is 31.4 Å². The van der Waals surface area contributed by atoms with E-state index in [2.05, 4.69) is 5.32 Å². The van der Waals surface area contributed by atoms with Gasteiger partial charge in [0.15, 0.2) is 0 Å². The van der Waals surface area contributed by atoms with Crippen LogP contribution in [-0.4, -0.2) is 5.91 Å². The SMILES string of the molecule is CCCC(=O)NC1CCCc2occc21. The fraction of sp³-hybridized carbons (Fsp3) is 0.583. The summed E-state index contributed by atoms with van der Waals surface area (Å²) in [4.78, 5) is 11.5. The van der Waals surface area contributed by atoms with Gasteiger partial charge in [-0.2, -0.15) is 0 Å². The van der Waals surface area contributed by atoms with Crippen LogP contribution in [0.4, 0.5) is 0 Å². The number of hydrogen-bond donors (Lipinski definition) is 1. The molecule has 1 N–H and O–H groups in total. The first-order valence-electron chi connectivity index (χ1n) is 5.67. The molecule has 3 nitrogen and oxygen atoms in total. The van der Waals surface area contributed by atoms with Gasteiger partial charge in [0.05, 0.1) is 12.3 Å². The van der Waals surface area contributed by atoms with E-state index in [4.69, 9.17) is 4.42 Å². The molecule has 1 unspecified atom stereocenters. The smallest absolute Gasteiger partial charge is 0.220 e. The first-order valence-corrected chi connectivity index (χ1v) is 5.67. The summed E-state index contributed by atoms with van der Waals surface area (Å²) >= 11 is 0. The minimum Gasteiger partial charge on any atom is -0.469 e. The van der Waals surface area contributed by atoms with Gasteiger partial charge in [0.1, 0.15) is 5.76 Å². The van der Waals surface area contributed by atoms with E-state index in [-0.39, 0.29) is 11.9 Å². The zero-order valence-corrected chi connectivity index (χ0v) is 9.08. The summed E-state index contributed by atoms with van der Waals surface area (Å²) in [6.45, 7) is 2.02. The maximum atomic E-state index is 11.5. The van der Waals surface area contributed by atoms with E-state index in [1.807, 2.05) is 13.0 Å². The van der Waals surface area contributed by atoms with Gasteiger partial charge < -0.3 is 9.73 Å². The van der Waals surface area contributed by atoms with Gasteiger partial charge in [0.2, 0.25) is 5.91 Å². The van der Waals surface area contributed by atoms with Crippen LogP contribution in [-0.2, 0) is 11.2 Å². The maximum Gasteiger partial charge on any atom is 0.220 e. The quantitative estimate of drug-likeness (QED) is 0.827. The molecule has 82 valence electrons. The molecule has 15 heavy (non-hydrogen) atoms. The fourth-order valence-corrected chi connectivity index (χ4v) is 2.13. The van der Waals surface area contributed by atoms with Gasteiger partial charge in [-0.15, -0.1) is 0 Å². The van der Waals surface area contributed by atoms with Crippen LogP contribution in [0.2, 0.25) is 0 Å². The third-order valence-electron chi connectivity index (χ3n) is 2.86. The van der Waals surface area contributed by atoms with E-state index < -0.39 is 0 Å². The lowest BCUT2D eigenvalue weighted by atomic mass is 9.93. The Morgan fingerprint density at radius 3 is 3.33 bits per heavy atom. The molecule has 0 saturated heterocycles. The minimum absolute atomic E-state index is 0.150. The van der Waals surface area contributed by atoms with Crippen LogP contribution < -0.4 is 5.32 Å². The number of hydrogen-bond acceptors (Lipinski definition) is 2. The highest BCUT2D eigenvalue weighted by Gasteiger charge is 2.23. The highest BCUT2D eigenvalue weighted by Crippen LogP contribution is 2.30. The third kappa shape index (κ3) is 2.22. The topological polar surface area (TPSA) is 42.2 Å². The van der Waals surface area contributed by atoms with Gasteiger partial charge in [0, 0.05) is 18.4 Å². The molecule has 0 spiro atoms. The van der Waals surface area contributed by atoms with Gasteiger partial charge >= 0.3 is 0 Å². The lowest BCUT2D eigenvalue weighted by molar-refractivity contribution is -0.122. The van der Waals surface area contributed by atoms with Gasteiger partial charge in [-0.05, 0) is 25.3 Å². The average molecular weight is 207 g/mol. The number of carbonyl (C=O) groups is 1. The lowest BCUT2D eigenvalue weighted by Crippen LogP contribution is -2.30. The molecule has 0 saturated carbocycles. The van der Waals surface area contributed by atoms with Crippen LogP contribution in [0, 0.1) is 0 Å². The fourth-order valence-electron chi connectivity index (χ4n) is 2.13. The van der Waals surface area contributed by atoms with Crippen molar-refractivity contribution in [1.82, 2.24) is 5.32 Å². The van der Waals surface area contributed by atoms with E-state index >= 15 is 0 Å². The Labute approximate surface area is 89.9 Å². The number of amides is 1. The Bertz CT molecular complexity index is 343. The molecule has 0 aromatic carbocycles. The van der Waals surface area contributed by atoms with Gasteiger partial charge in [-0.3, -0.25) is 4.79 Å². The first-order chi connectivity index (χ1) is 7.31. The van der Waals surface area contributed by atoms with E-state index in [9.17, 15) is 4.79 Å². The average Bonchev–Trinajstić information content (AvgIpc) is 2.67. The molecule has 0 bridgehead atoms. The number of fused-ring (bicyclic) bond motifs is 1. The van der Waals surface area contributed by atoms with Crippen LogP contribution in [0.5, 0.6) is 0 Å². The Kier molecular flexibility index (Phi) is 3.09. The summed E-state index contributed by atoms with van der Waals surface area (Å²) in [6.07, 6.45) is 6.36. The second-order valence-corrected chi connectivity index (χ2v) is 4.06. The van der Waals surface area contributed by atoms with Gasteiger partial charge in [-0.1, -0.05) is 6.92 Å². The molecule has 0 radical (unpaired) electrons. The molecule has 0 aliphatic heterocycles. The number of rotatable bonds is 3. The van der Waals surface area contributed by atoms with Gasteiger partial charge in [-0.25, -0.2) is 0 Å². The molecule has 3 heteroatoms. The van der Waals surface area contributed by atoms with E-state index in [1.54, 1.807) is 6.26 Å². The first kappa shape index (κ1) is 10.3. The predicted octanol–water partition coefficient (Wildman–Crippen LogP) is 2.57. The van der Waals surface area contributed by atoms with Crippen molar-refractivity contribution in [1.29, 1.82) is 0 Å². The highest BCUT2D eigenvalue weighted by atomic mass is 16.3. The molecule has 1 atom stereocenters. The van der Waals surface area contributed by atoms with E-state index in [0.29, 0.717) is 6.42 Å². The van der Waals surface area contributed by atoms with Crippen molar-refractivity contribution < 1.29 is 9.21 Å². The van der Waals surface area contributed by atoms with Crippen molar-refractivity contribution in [2.75, 3.05) is 0 Å². The zero-order valence-electron chi connectivity index (χ0n) is 9.08. The van der Waals surface area contributed by atoms with Crippen molar-refractivity contribution in [3.8, 4) is 0 Å². The standard InChI is InChI=1S/C12H17NO2/c1-2-4-12(14)13-10-5-3-6-11-9(10)7-8-15-11/h7-8,10H,2-6H2,1H3,(H,13,14). The molecule has 1 amide bonds. The van der Waals surface area contributed by atoms with Crippen LogP contribution >= 0.6 is 0 Å². The Morgan fingerprint density at radius 1 is 1.67 bits per heavy atom. The monoisotopic (exact) mass is 207 g/mol. The highest BCUT2D eigenvalue weighted by molar-refractivity contribution is 5.76. The summed E-state index contributed by atoms with van der Waals surface area (Å²) in [6, 6.07) is 2.15. The molecular formula is C12H17NO2. The Balaban J connectivity index is 2.03. The number of furan rings is 1. The van der Waals surface area contributed by atoms with Crippen molar-refractivity contribution in [2.45, 2.75) is 45.1 Å². The van der Waals surface area contributed by atoms with Crippen molar-refractivity contribution in [2.24, 2.45) is 0 Å². The molecule has 1 heterocycles. The van der Waals surface area contributed by atoms with Crippen molar-refractivity contribution >= 4 is 5.91 Å². The zero-order chi connectivity index (χ0) is 10.7. The van der Waals surface area contributed by atoms with Crippen molar-refractivity contribution in [3.05, 3.63) is 23.7 Å². The number of nitrogens with one attached hydrogen (secondary N) is 1. The predicted molar refractivity (Wildman–Crippen MR) is 57.4 cm³/mol. The van der Waals surface area contributed by atoms with Crippen molar-refractivity contribution in [3.63, 3.8) is 0 Å². The molecule has 1 aromatic heterocycles. The summed E-state index contributed by atoms with van der Waals surface area (Å²) in [5.41, 5.74) is 1.17. The molecule has 1 aliphatic carbocycles. The minimum atomic E-state index is 0.150. The van der Waals surface area contributed by atoms with Crippen LogP contribution in [0.15, 0.2) is 16.7 Å². The summed E-state index contributed by atoms with van der Waals surface area (Å²) in [7, 11) is 0. The lowest BCUT2D eigenvalue weighted by Gasteiger charge is -2.22. The third-order valence-corrected chi connectivity index (χ3v) is 2.86. The molecule has 0 fully saturated rings. The van der Waals surface area contributed by atoms with Crippen LogP contribution in [0.3, 0.4) is 0 Å². The number of carbonyl (C=O) groups excluding carboxylic acids is 1. The summed E-state index contributed by atoms with van der Waals surface area (Å²) in [5.74, 6) is 1.19. The second-order valence-electron chi connectivity index (χ2n) is 4.06. The molecule has 1 aliphatic rings. The summed E-state index contributed by atoms with van der Waals surface area (Å²) < 4.78 is 5.38. The second kappa shape index (κ2) is 4.51. The van der Waals surface area contributed by atoms with E-state index in [1.165, 1.54) is 5.56 Å².